The predicted molar refractivity (Wildman–Crippen MR) is 193 cm³/mol. The second kappa shape index (κ2) is 16.9. The number of methoxy groups -OCH3 is 2. The first-order valence-electron chi connectivity index (χ1n) is 16.1. The monoisotopic (exact) mass is 678 g/mol. The van der Waals surface area contributed by atoms with Crippen molar-refractivity contribution in [3.8, 4) is 22.6 Å². The van der Waals surface area contributed by atoms with Gasteiger partial charge in [-0.3, -0.25) is 9.59 Å². The van der Waals surface area contributed by atoms with E-state index < -0.39 is 18.1 Å². The molecule has 49 heavy (non-hydrogen) atoms. The molecular weight excluding hydrogens is 637 g/mol. The maximum Gasteiger partial charge on any atom is 0.254 e. The zero-order valence-corrected chi connectivity index (χ0v) is 29.0. The summed E-state index contributed by atoms with van der Waals surface area (Å²) in [7, 11) is 4.93. The van der Waals surface area contributed by atoms with Crippen molar-refractivity contribution in [2.75, 3.05) is 27.8 Å². The lowest BCUT2D eigenvalue weighted by Crippen LogP contribution is -2.48. The number of rotatable bonds is 15. The van der Waals surface area contributed by atoms with Gasteiger partial charge in [-0.15, -0.1) is 11.3 Å². The second-order valence-electron chi connectivity index (χ2n) is 11.9. The molecule has 4 aromatic carbocycles. The Bertz CT molecular complexity index is 1860. The summed E-state index contributed by atoms with van der Waals surface area (Å²) in [6.45, 7) is 3.01. The van der Waals surface area contributed by atoms with Crippen LogP contribution in [0.4, 0.5) is 0 Å². The lowest BCUT2D eigenvalue weighted by Gasteiger charge is -2.25. The lowest BCUT2D eigenvalue weighted by molar-refractivity contribution is 0.0784. The molecule has 2 amide bonds. The number of nitrogens with one attached hydrogen (secondary N) is 2. The molecule has 1 heterocycles. The second-order valence-corrected chi connectivity index (χ2v) is 12.8. The molecule has 0 unspecified atom stereocenters. The number of aliphatic hydroxyl groups is 1. The van der Waals surface area contributed by atoms with Crippen LogP contribution in [-0.4, -0.2) is 66.8 Å². The van der Waals surface area contributed by atoms with Crippen molar-refractivity contribution in [2.24, 2.45) is 0 Å². The standard InChI is InChI=1S/C39H42N4O5S/c1-26-25-49-37(41-26)24-43(2)39(46)31-20-29(33-15-8-9-16-36(33)48-4)19-30(21-31)38(45)42-34(18-27-11-6-5-7-12-27)35(44)23-40-22-28-13-10-14-32(17-28)47-3/h5-17,19-21,25,34-35,40,44H,18,22-24H2,1-4H3,(H,42,45)/t34-,35+/m0/s1. The van der Waals surface area contributed by atoms with Crippen LogP contribution < -0.4 is 20.1 Å². The van der Waals surface area contributed by atoms with E-state index in [4.69, 9.17) is 9.47 Å². The Morgan fingerprint density at radius 3 is 2.37 bits per heavy atom. The van der Waals surface area contributed by atoms with E-state index in [1.807, 2.05) is 91.2 Å². The molecule has 254 valence electrons. The molecule has 0 bridgehead atoms. The van der Waals surface area contributed by atoms with Crippen LogP contribution in [0.15, 0.2) is 102 Å². The number of hydrogen-bond donors (Lipinski definition) is 3. The molecule has 0 radical (unpaired) electrons. The van der Waals surface area contributed by atoms with Gasteiger partial charge in [0.2, 0.25) is 0 Å². The highest BCUT2D eigenvalue weighted by molar-refractivity contribution is 7.09. The first-order valence-corrected chi connectivity index (χ1v) is 16.9. The van der Waals surface area contributed by atoms with E-state index in [9.17, 15) is 14.7 Å². The predicted octanol–water partition coefficient (Wildman–Crippen LogP) is 5.90. The van der Waals surface area contributed by atoms with Crippen LogP contribution in [0.2, 0.25) is 0 Å². The molecule has 5 aromatic rings. The Morgan fingerprint density at radius 1 is 0.898 bits per heavy atom. The molecule has 3 N–H and O–H groups in total. The van der Waals surface area contributed by atoms with Gasteiger partial charge in [-0.2, -0.15) is 0 Å². The molecule has 2 atom stereocenters. The Morgan fingerprint density at radius 2 is 1.63 bits per heavy atom. The van der Waals surface area contributed by atoms with Gasteiger partial charge in [-0.25, -0.2) is 4.98 Å². The molecular formula is C39H42N4O5S. The molecule has 0 fully saturated rings. The first kappa shape index (κ1) is 35.3. The third kappa shape index (κ3) is 9.54. The fourth-order valence-corrected chi connectivity index (χ4v) is 6.41. The van der Waals surface area contributed by atoms with E-state index in [1.54, 1.807) is 44.4 Å². The van der Waals surface area contributed by atoms with Crippen LogP contribution in [-0.2, 0) is 19.5 Å². The van der Waals surface area contributed by atoms with Crippen molar-refractivity contribution in [2.45, 2.75) is 38.6 Å². The fraction of sp³-hybridized carbons (Fsp3) is 0.256. The van der Waals surface area contributed by atoms with Crippen LogP contribution in [0.3, 0.4) is 0 Å². The van der Waals surface area contributed by atoms with Gasteiger partial charge in [0.25, 0.3) is 11.8 Å². The summed E-state index contributed by atoms with van der Waals surface area (Å²) < 4.78 is 11.0. The van der Waals surface area contributed by atoms with Gasteiger partial charge in [0.15, 0.2) is 0 Å². The van der Waals surface area contributed by atoms with E-state index >= 15 is 0 Å². The van der Waals surface area contributed by atoms with Gasteiger partial charge in [0.05, 0.1) is 32.9 Å². The SMILES string of the molecule is COc1cccc(CNC[C@@H](O)[C@H](Cc2ccccc2)NC(=O)c2cc(C(=O)N(C)Cc3nc(C)cs3)cc(-c3ccccc3OC)c2)c1. The Labute approximate surface area is 291 Å². The molecule has 0 saturated carbocycles. The summed E-state index contributed by atoms with van der Waals surface area (Å²) in [5.41, 5.74) is 4.93. The molecule has 0 saturated heterocycles. The highest BCUT2D eigenvalue weighted by Gasteiger charge is 2.24. The van der Waals surface area contributed by atoms with Gasteiger partial charge < -0.3 is 30.1 Å². The normalized spacial score (nSPS) is 12.2. The summed E-state index contributed by atoms with van der Waals surface area (Å²) >= 11 is 1.50. The summed E-state index contributed by atoms with van der Waals surface area (Å²) in [5.74, 6) is 0.717. The van der Waals surface area contributed by atoms with Crippen LogP contribution in [0.25, 0.3) is 11.1 Å². The van der Waals surface area contributed by atoms with Gasteiger partial charge in [0.1, 0.15) is 16.5 Å². The Hall–Kier alpha value is -5.03. The third-order valence-corrected chi connectivity index (χ3v) is 9.09. The number of aromatic nitrogens is 1. The van der Waals surface area contributed by atoms with Crippen LogP contribution in [0.1, 0.15) is 42.5 Å². The minimum absolute atomic E-state index is 0.237. The zero-order chi connectivity index (χ0) is 34.8. The number of thiazole rings is 1. The van der Waals surface area contributed by atoms with Crippen LogP contribution in [0, 0.1) is 6.92 Å². The highest BCUT2D eigenvalue weighted by atomic mass is 32.1. The average Bonchev–Trinajstić information content (AvgIpc) is 3.54. The Kier molecular flexibility index (Phi) is 12.2. The van der Waals surface area contributed by atoms with Crippen molar-refractivity contribution in [3.05, 3.63) is 135 Å². The fourth-order valence-electron chi connectivity index (χ4n) is 5.58. The topological polar surface area (TPSA) is 113 Å². The van der Waals surface area contributed by atoms with Crippen LogP contribution in [0.5, 0.6) is 11.5 Å². The highest BCUT2D eigenvalue weighted by Crippen LogP contribution is 2.31. The number of carbonyl (C=O) groups is 2. The number of aryl methyl sites for hydroxylation is 1. The molecule has 1 aromatic heterocycles. The number of hydrogen-bond acceptors (Lipinski definition) is 8. The third-order valence-electron chi connectivity index (χ3n) is 8.14. The number of benzene rings is 4. The minimum atomic E-state index is -0.916. The largest absolute Gasteiger partial charge is 0.497 e. The number of ether oxygens (including phenoxy) is 2. The van der Waals surface area contributed by atoms with Gasteiger partial charge in [-0.1, -0.05) is 60.7 Å². The summed E-state index contributed by atoms with van der Waals surface area (Å²) in [6.07, 6.45) is -0.510. The lowest BCUT2D eigenvalue weighted by atomic mass is 9.97. The van der Waals surface area contributed by atoms with Gasteiger partial charge in [-0.05, 0) is 66.4 Å². The molecule has 0 aliphatic heterocycles. The van der Waals surface area contributed by atoms with E-state index in [0.29, 0.717) is 42.0 Å². The maximum absolute atomic E-state index is 14.1. The maximum atomic E-state index is 14.1. The average molecular weight is 679 g/mol. The Balaban J connectivity index is 1.41. The number of para-hydroxylation sites is 1. The summed E-state index contributed by atoms with van der Waals surface area (Å²) in [6, 6.07) is 29.4. The van der Waals surface area contributed by atoms with Crippen molar-refractivity contribution in [1.29, 1.82) is 0 Å². The molecule has 0 aliphatic rings. The smallest absolute Gasteiger partial charge is 0.254 e. The van der Waals surface area contributed by atoms with E-state index in [-0.39, 0.29) is 12.5 Å². The zero-order valence-electron chi connectivity index (χ0n) is 28.2. The van der Waals surface area contributed by atoms with Crippen molar-refractivity contribution in [1.82, 2.24) is 20.5 Å². The van der Waals surface area contributed by atoms with Crippen molar-refractivity contribution >= 4 is 23.2 Å². The first-order chi connectivity index (χ1) is 23.7. The summed E-state index contributed by atoms with van der Waals surface area (Å²) in [4.78, 5) is 34.0. The van der Waals surface area contributed by atoms with E-state index in [1.165, 1.54) is 11.3 Å². The van der Waals surface area contributed by atoms with E-state index in [0.717, 1.165) is 33.1 Å². The number of nitrogens with zero attached hydrogens (tertiary/aromatic N) is 2. The summed E-state index contributed by atoms with van der Waals surface area (Å²) in [5, 5.41) is 20.6. The molecule has 0 spiro atoms. The molecule has 0 aliphatic carbocycles. The van der Waals surface area contributed by atoms with Crippen LogP contribution >= 0.6 is 11.3 Å². The number of carbonyl (C=O) groups excluding carboxylic acids is 2. The quantitative estimate of drug-likeness (QED) is 0.126. The molecule has 5 rings (SSSR count). The minimum Gasteiger partial charge on any atom is -0.497 e. The van der Waals surface area contributed by atoms with Crippen molar-refractivity contribution < 1.29 is 24.2 Å². The van der Waals surface area contributed by atoms with Gasteiger partial charge in [0, 0.05) is 47.9 Å². The number of amides is 2. The van der Waals surface area contributed by atoms with Gasteiger partial charge >= 0.3 is 0 Å². The van der Waals surface area contributed by atoms with Crippen molar-refractivity contribution in [3.63, 3.8) is 0 Å². The van der Waals surface area contributed by atoms with E-state index in [2.05, 4.69) is 15.6 Å². The number of aliphatic hydroxyl groups excluding tert-OH is 1. The molecule has 9 nitrogen and oxygen atoms in total. The molecule has 10 heteroatoms.